The number of halogens is 1. The van der Waals surface area contributed by atoms with Gasteiger partial charge in [0.1, 0.15) is 0 Å². The minimum absolute atomic E-state index is 0.0133. The Morgan fingerprint density at radius 1 is 1.17 bits per heavy atom. The standard InChI is InChI=1S/C16H21ClN2O4S/c1-11-10-14(11)16(21)19-7-6-15(20)18-8-9-24(22,23)13-4-2-12(17)3-5-13/h2-5,11,14H,6-10H2,1H3,(H,18,20)(H,19,21)/t11-,14-/m1/s1. The van der Waals surface area contributed by atoms with Crippen molar-refractivity contribution in [3.63, 3.8) is 0 Å². The van der Waals surface area contributed by atoms with Gasteiger partial charge in [-0.2, -0.15) is 0 Å². The molecule has 0 aliphatic heterocycles. The fourth-order valence-corrected chi connectivity index (χ4v) is 3.57. The number of nitrogens with one attached hydrogen (secondary N) is 2. The molecule has 1 aliphatic rings. The smallest absolute Gasteiger partial charge is 0.223 e. The normalized spacial score (nSPS) is 19.6. The van der Waals surface area contributed by atoms with Crippen LogP contribution in [-0.2, 0) is 19.4 Å². The third-order valence-corrected chi connectivity index (χ3v) is 5.95. The summed E-state index contributed by atoms with van der Waals surface area (Å²) in [5, 5.41) is 5.73. The highest BCUT2D eigenvalue weighted by molar-refractivity contribution is 7.91. The van der Waals surface area contributed by atoms with E-state index in [-0.39, 0.29) is 47.9 Å². The number of benzene rings is 1. The lowest BCUT2D eigenvalue weighted by Crippen LogP contribution is -2.33. The van der Waals surface area contributed by atoms with Gasteiger partial charge in [-0.3, -0.25) is 9.59 Å². The molecule has 0 saturated heterocycles. The Kier molecular flexibility index (Phi) is 6.23. The Morgan fingerprint density at radius 2 is 1.79 bits per heavy atom. The Balaban J connectivity index is 1.66. The van der Waals surface area contributed by atoms with Crippen molar-refractivity contribution in [2.75, 3.05) is 18.8 Å². The molecule has 2 N–H and O–H groups in total. The second-order valence-corrected chi connectivity index (χ2v) is 8.53. The van der Waals surface area contributed by atoms with Gasteiger partial charge in [0.15, 0.2) is 9.84 Å². The molecule has 1 aromatic rings. The SMILES string of the molecule is C[C@@H]1C[C@H]1C(=O)NCCC(=O)NCCS(=O)(=O)c1ccc(Cl)cc1. The van der Waals surface area contributed by atoms with Crippen molar-refractivity contribution in [1.29, 1.82) is 0 Å². The Morgan fingerprint density at radius 3 is 2.38 bits per heavy atom. The molecule has 132 valence electrons. The topological polar surface area (TPSA) is 92.3 Å². The van der Waals surface area contributed by atoms with Crippen LogP contribution in [0.5, 0.6) is 0 Å². The predicted molar refractivity (Wildman–Crippen MR) is 91.4 cm³/mol. The average molecular weight is 373 g/mol. The van der Waals surface area contributed by atoms with E-state index in [0.29, 0.717) is 10.9 Å². The summed E-state index contributed by atoms with van der Waals surface area (Å²) in [6, 6.07) is 5.90. The fourth-order valence-electron chi connectivity index (χ4n) is 2.29. The summed E-state index contributed by atoms with van der Waals surface area (Å²) in [7, 11) is -3.46. The van der Waals surface area contributed by atoms with Crippen LogP contribution in [-0.4, -0.2) is 39.1 Å². The molecule has 0 unspecified atom stereocenters. The Labute approximate surface area is 146 Å². The first-order valence-electron chi connectivity index (χ1n) is 7.82. The highest BCUT2D eigenvalue weighted by atomic mass is 35.5. The van der Waals surface area contributed by atoms with Crippen molar-refractivity contribution < 1.29 is 18.0 Å². The van der Waals surface area contributed by atoms with Crippen molar-refractivity contribution in [2.45, 2.75) is 24.7 Å². The quantitative estimate of drug-likeness (QED) is 0.721. The van der Waals surface area contributed by atoms with Crippen LogP contribution >= 0.6 is 11.6 Å². The molecule has 1 aliphatic carbocycles. The van der Waals surface area contributed by atoms with Gasteiger partial charge in [0.05, 0.1) is 10.6 Å². The van der Waals surface area contributed by atoms with E-state index in [1.165, 1.54) is 24.3 Å². The summed E-state index contributed by atoms with van der Waals surface area (Å²) in [6.07, 6.45) is 1.04. The predicted octanol–water partition coefficient (Wildman–Crippen LogP) is 1.39. The summed E-state index contributed by atoms with van der Waals surface area (Å²) < 4.78 is 24.2. The van der Waals surface area contributed by atoms with Crippen LogP contribution in [0.3, 0.4) is 0 Å². The van der Waals surface area contributed by atoms with Crippen molar-refractivity contribution in [2.24, 2.45) is 11.8 Å². The highest BCUT2D eigenvalue weighted by Gasteiger charge is 2.38. The van der Waals surface area contributed by atoms with Gasteiger partial charge in [0, 0.05) is 30.5 Å². The van der Waals surface area contributed by atoms with E-state index in [4.69, 9.17) is 11.6 Å². The monoisotopic (exact) mass is 372 g/mol. The maximum Gasteiger partial charge on any atom is 0.223 e. The van der Waals surface area contributed by atoms with Gasteiger partial charge in [-0.05, 0) is 36.6 Å². The zero-order valence-corrected chi connectivity index (χ0v) is 15.0. The second kappa shape index (κ2) is 7.98. The van der Waals surface area contributed by atoms with E-state index in [1.807, 2.05) is 6.92 Å². The molecule has 6 nitrogen and oxygen atoms in total. The first-order chi connectivity index (χ1) is 11.3. The molecular formula is C16H21ClN2O4S. The van der Waals surface area contributed by atoms with Gasteiger partial charge in [0.2, 0.25) is 11.8 Å². The van der Waals surface area contributed by atoms with Gasteiger partial charge in [0.25, 0.3) is 0 Å². The van der Waals surface area contributed by atoms with E-state index in [2.05, 4.69) is 10.6 Å². The van der Waals surface area contributed by atoms with Gasteiger partial charge in [-0.1, -0.05) is 18.5 Å². The molecule has 0 heterocycles. The van der Waals surface area contributed by atoms with Crippen molar-refractivity contribution in [3.05, 3.63) is 29.3 Å². The zero-order chi connectivity index (χ0) is 17.7. The maximum absolute atomic E-state index is 12.1. The van der Waals surface area contributed by atoms with Crippen LogP contribution < -0.4 is 10.6 Å². The number of carbonyl (C=O) groups is 2. The third-order valence-electron chi connectivity index (χ3n) is 3.96. The van der Waals surface area contributed by atoms with Gasteiger partial charge in [-0.15, -0.1) is 0 Å². The number of hydrogen-bond donors (Lipinski definition) is 2. The Bertz CT molecular complexity index is 703. The van der Waals surface area contributed by atoms with Crippen LogP contribution in [0.2, 0.25) is 5.02 Å². The van der Waals surface area contributed by atoms with Gasteiger partial charge in [-0.25, -0.2) is 8.42 Å². The highest BCUT2D eigenvalue weighted by Crippen LogP contribution is 2.37. The van der Waals surface area contributed by atoms with E-state index in [9.17, 15) is 18.0 Å². The van der Waals surface area contributed by atoms with E-state index in [0.717, 1.165) is 6.42 Å². The maximum atomic E-state index is 12.1. The van der Waals surface area contributed by atoms with Crippen LogP contribution in [0.15, 0.2) is 29.2 Å². The molecule has 2 atom stereocenters. The summed E-state index contributed by atoms with van der Waals surface area (Å²) >= 11 is 5.73. The second-order valence-electron chi connectivity index (χ2n) is 5.98. The number of hydrogen-bond acceptors (Lipinski definition) is 4. The van der Waals surface area contributed by atoms with E-state index >= 15 is 0 Å². The van der Waals surface area contributed by atoms with Crippen LogP contribution in [0.4, 0.5) is 0 Å². The lowest BCUT2D eigenvalue weighted by molar-refractivity contribution is -0.123. The molecule has 24 heavy (non-hydrogen) atoms. The molecular weight excluding hydrogens is 352 g/mol. The molecule has 2 amide bonds. The molecule has 1 aromatic carbocycles. The largest absolute Gasteiger partial charge is 0.355 e. The minimum atomic E-state index is -3.46. The van der Waals surface area contributed by atoms with E-state index < -0.39 is 9.84 Å². The van der Waals surface area contributed by atoms with Crippen LogP contribution in [0.1, 0.15) is 19.8 Å². The lowest BCUT2D eigenvalue weighted by atomic mass is 10.3. The van der Waals surface area contributed by atoms with Crippen molar-refractivity contribution in [1.82, 2.24) is 10.6 Å². The summed E-state index contributed by atoms with van der Waals surface area (Å²) in [5.74, 6) is 0.0207. The first-order valence-corrected chi connectivity index (χ1v) is 9.85. The van der Waals surface area contributed by atoms with Crippen LogP contribution in [0, 0.1) is 11.8 Å². The summed E-state index contributed by atoms with van der Waals surface area (Å²) in [6.45, 7) is 2.30. The number of sulfone groups is 1. The molecule has 0 bridgehead atoms. The van der Waals surface area contributed by atoms with Crippen molar-refractivity contribution in [3.8, 4) is 0 Å². The lowest BCUT2D eigenvalue weighted by Gasteiger charge is -2.08. The number of amides is 2. The Hall–Kier alpha value is -1.60. The fraction of sp³-hybridized carbons (Fsp3) is 0.500. The molecule has 2 rings (SSSR count). The summed E-state index contributed by atoms with van der Waals surface area (Å²) in [5.41, 5.74) is 0. The van der Waals surface area contributed by atoms with E-state index in [1.54, 1.807) is 0 Å². The van der Waals surface area contributed by atoms with Gasteiger partial charge < -0.3 is 10.6 Å². The molecule has 0 radical (unpaired) electrons. The molecule has 0 spiro atoms. The van der Waals surface area contributed by atoms with Gasteiger partial charge >= 0.3 is 0 Å². The minimum Gasteiger partial charge on any atom is -0.355 e. The summed E-state index contributed by atoms with van der Waals surface area (Å²) in [4.78, 5) is 23.4. The molecule has 8 heteroatoms. The third kappa shape index (κ3) is 5.49. The molecule has 1 fully saturated rings. The first kappa shape index (κ1) is 18.7. The number of carbonyl (C=O) groups excluding carboxylic acids is 2. The number of rotatable bonds is 8. The van der Waals surface area contributed by atoms with Crippen LogP contribution in [0.25, 0.3) is 0 Å². The van der Waals surface area contributed by atoms with Crippen molar-refractivity contribution >= 4 is 33.3 Å². The zero-order valence-electron chi connectivity index (χ0n) is 13.4. The molecule has 1 saturated carbocycles. The average Bonchev–Trinajstić information content (AvgIpc) is 3.24. The molecule has 0 aromatic heterocycles.